The van der Waals surface area contributed by atoms with E-state index in [0.717, 1.165) is 6.54 Å². The molecule has 0 aliphatic carbocycles. The molecule has 0 unspecified atom stereocenters. The van der Waals surface area contributed by atoms with Gasteiger partial charge in [0.2, 0.25) is 0 Å². The largest absolute Gasteiger partial charge is 0.390 e. The number of β-amino-alcohol motifs (C(OH)–C–C–N with tert-alkyl or cyclic N) is 1. The van der Waals surface area contributed by atoms with E-state index in [2.05, 4.69) is 5.32 Å². The molecule has 3 heteroatoms. The summed E-state index contributed by atoms with van der Waals surface area (Å²) in [5, 5.41) is 20.7. The van der Waals surface area contributed by atoms with Crippen LogP contribution in [0.3, 0.4) is 0 Å². The molecule has 0 aromatic carbocycles. The monoisotopic (exact) mass is 117 g/mol. The van der Waals surface area contributed by atoms with Crippen molar-refractivity contribution in [1.29, 1.82) is 0 Å². The van der Waals surface area contributed by atoms with Gasteiger partial charge in [0, 0.05) is 6.54 Å². The minimum Gasteiger partial charge on any atom is -0.390 e. The van der Waals surface area contributed by atoms with Crippen molar-refractivity contribution in [2.75, 3.05) is 13.1 Å². The SMILES string of the molecule is O[C@@H]1CCNC[C@H]1O. The molecule has 0 spiro atoms. The zero-order valence-electron chi connectivity index (χ0n) is 4.67. The molecule has 8 heavy (non-hydrogen) atoms. The molecule has 1 saturated heterocycles. The number of aliphatic hydroxyl groups excluding tert-OH is 2. The third-order valence-corrected chi connectivity index (χ3v) is 1.41. The van der Waals surface area contributed by atoms with Gasteiger partial charge in [0.1, 0.15) is 0 Å². The summed E-state index contributed by atoms with van der Waals surface area (Å²) in [6.07, 6.45) is -0.388. The lowest BCUT2D eigenvalue weighted by molar-refractivity contribution is 0.000433. The highest BCUT2D eigenvalue weighted by molar-refractivity contribution is 4.75. The molecule has 1 aliphatic rings. The second kappa shape index (κ2) is 2.44. The Morgan fingerprint density at radius 1 is 1.25 bits per heavy atom. The Balaban J connectivity index is 2.28. The molecule has 0 amide bonds. The first-order valence-corrected chi connectivity index (χ1v) is 2.87. The van der Waals surface area contributed by atoms with Crippen LogP contribution in [0.25, 0.3) is 0 Å². The van der Waals surface area contributed by atoms with E-state index in [1.54, 1.807) is 0 Å². The summed E-state index contributed by atoms with van der Waals surface area (Å²) in [6, 6.07) is 0. The molecule has 0 aromatic rings. The van der Waals surface area contributed by atoms with Crippen LogP contribution in [0.5, 0.6) is 0 Å². The molecule has 0 bridgehead atoms. The Kier molecular flexibility index (Phi) is 1.83. The van der Waals surface area contributed by atoms with Crippen molar-refractivity contribution in [3.05, 3.63) is 0 Å². The van der Waals surface area contributed by atoms with Gasteiger partial charge in [0.15, 0.2) is 0 Å². The van der Waals surface area contributed by atoms with Crippen molar-refractivity contribution < 1.29 is 10.2 Å². The molecule has 3 nitrogen and oxygen atoms in total. The first-order valence-electron chi connectivity index (χ1n) is 2.87. The van der Waals surface area contributed by atoms with E-state index in [9.17, 15) is 0 Å². The average Bonchev–Trinajstić information content (AvgIpc) is 1.77. The van der Waals surface area contributed by atoms with Crippen molar-refractivity contribution in [2.24, 2.45) is 0 Å². The molecular formula is C5H11NO2. The number of hydrogen-bond donors (Lipinski definition) is 3. The summed E-state index contributed by atoms with van der Waals surface area (Å²) in [4.78, 5) is 0. The molecule has 0 saturated carbocycles. The van der Waals surface area contributed by atoms with Gasteiger partial charge in [-0.3, -0.25) is 0 Å². The maximum absolute atomic E-state index is 8.89. The van der Waals surface area contributed by atoms with Crippen LogP contribution in [0.15, 0.2) is 0 Å². The Bertz CT molecular complexity index is 66.8. The Hall–Kier alpha value is -0.120. The highest BCUT2D eigenvalue weighted by Gasteiger charge is 2.18. The van der Waals surface area contributed by atoms with Gasteiger partial charge in [-0.25, -0.2) is 0 Å². The molecule has 0 aromatic heterocycles. The Morgan fingerprint density at radius 2 is 2.00 bits per heavy atom. The van der Waals surface area contributed by atoms with Gasteiger partial charge in [-0.15, -0.1) is 0 Å². The summed E-state index contributed by atoms with van der Waals surface area (Å²) in [7, 11) is 0. The molecule has 1 aliphatic heterocycles. The van der Waals surface area contributed by atoms with Gasteiger partial charge in [-0.2, -0.15) is 0 Å². The van der Waals surface area contributed by atoms with E-state index in [1.807, 2.05) is 0 Å². The normalized spacial score (nSPS) is 39.8. The smallest absolute Gasteiger partial charge is 0.0923 e. The third kappa shape index (κ3) is 1.18. The predicted octanol–water partition coefficient (Wildman–Crippen LogP) is -1.30. The summed E-state index contributed by atoms with van der Waals surface area (Å²) >= 11 is 0. The summed E-state index contributed by atoms with van der Waals surface area (Å²) < 4.78 is 0. The van der Waals surface area contributed by atoms with Gasteiger partial charge in [0.25, 0.3) is 0 Å². The Morgan fingerprint density at radius 3 is 2.38 bits per heavy atom. The lowest BCUT2D eigenvalue weighted by Crippen LogP contribution is -2.43. The van der Waals surface area contributed by atoms with Crippen molar-refractivity contribution in [3.63, 3.8) is 0 Å². The summed E-state index contributed by atoms with van der Waals surface area (Å²) in [5.41, 5.74) is 0. The van der Waals surface area contributed by atoms with Crippen LogP contribution in [0.4, 0.5) is 0 Å². The summed E-state index contributed by atoms with van der Waals surface area (Å²) in [6.45, 7) is 1.35. The number of aliphatic hydroxyl groups is 2. The van der Waals surface area contributed by atoms with E-state index >= 15 is 0 Å². The first-order chi connectivity index (χ1) is 3.80. The fraction of sp³-hybridized carbons (Fsp3) is 1.00. The minimum atomic E-state index is -0.552. The fourth-order valence-corrected chi connectivity index (χ4v) is 0.828. The van der Waals surface area contributed by atoms with Crippen LogP contribution >= 0.6 is 0 Å². The van der Waals surface area contributed by atoms with Crippen LogP contribution in [0.1, 0.15) is 6.42 Å². The minimum absolute atomic E-state index is 0.503. The average molecular weight is 117 g/mol. The van der Waals surface area contributed by atoms with Gasteiger partial charge in [-0.05, 0) is 13.0 Å². The fourth-order valence-electron chi connectivity index (χ4n) is 0.828. The van der Waals surface area contributed by atoms with E-state index in [1.165, 1.54) is 0 Å². The number of nitrogens with one attached hydrogen (secondary N) is 1. The molecule has 3 N–H and O–H groups in total. The Labute approximate surface area is 48.3 Å². The highest BCUT2D eigenvalue weighted by atomic mass is 16.3. The van der Waals surface area contributed by atoms with Crippen molar-refractivity contribution in [2.45, 2.75) is 18.6 Å². The van der Waals surface area contributed by atoms with Crippen LogP contribution < -0.4 is 5.32 Å². The van der Waals surface area contributed by atoms with Gasteiger partial charge < -0.3 is 15.5 Å². The standard InChI is InChI=1S/C5H11NO2/c7-4-1-2-6-3-5(4)8/h4-8H,1-3H2/t4-,5-/m1/s1. The highest BCUT2D eigenvalue weighted by Crippen LogP contribution is 2.01. The van der Waals surface area contributed by atoms with E-state index in [-0.39, 0.29) is 0 Å². The summed E-state index contributed by atoms with van der Waals surface area (Å²) in [5.74, 6) is 0. The lowest BCUT2D eigenvalue weighted by atomic mass is 10.1. The van der Waals surface area contributed by atoms with Crippen molar-refractivity contribution >= 4 is 0 Å². The second-order valence-electron chi connectivity index (χ2n) is 2.13. The first kappa shape index (κ1) is 6.01. The quantitative estimate of drug-likeness (QED) is 0.369. The maximum Gasteiger partial charge on any atom is 0.0923 e. The van der Waals surface area contributed by atoms with Crippen LogP contribution in [0, 0.1) is 0 Å². The van der Waals surface area contributed by atoms with Crippen molar-refractivity contribution in [1.82, 2.24) is 5.32 Å². The number of piperidine rings is 1. The third-order valence-electron chi connectivity index (χ3n) is 1.41. The molecular weight excluding hydrogens is 106 g/mol. The van der Waals surface area contributed by atoms with E-state index in [0.29, 0.717) is 13.0 Å². The topological polar surface area (TPSA) is 52.5 Å². The predicted molar refractivity (Wildman–Crippen MR) is 29.5 cm³/mol. The molecule has 1 fully saturated rings. The molecule has 1 rings (SSSR count). The van der Waals surface area contributed by atoms with Gasteiger partial charge >= 0.3 is 0 Å². The van der Waals surface area contributed by atoms with Gasteiger partial charge in [0.05, 0.1) is 12.2 Å². The number of rotatable bonds is 0. The van der Waals surface area contributed by atoms with Crippen molar-refractivity contribution in [3.8, 4) is 0 Å². The van der Waals surface area contributed by atoms with E-state index in [4.69, 9.17) is 10.2 Å². The zero-order valence-corrected chi connectivity index (χ0v) is 4.67. The van der Waals surface area contributed by atoms with Crippen LogP contribution in [-0.2, 0) is 0 Å². The molecule has 2 atom stereocenters. The molecule has 1 heterocycles. The van der Waals surface area contributed by atoms with Crippen LogP contribution in [0.2, 0.25) is 0 Å². The number of hydrogen-bond acceptors (Lipinski definition) is 3. The van der Waals surface area contributed by atoms with Gasteiger partial charge in [-0.1, -0.05) is 0 Å². The second-order valence-corrected chi connectivity index (χ2v) is 2.13. The zero-order chi connectivity index (χ0) is 5.98. The maximum atomic E-state index is 8.89. The molecule has 0 radical (unpaired) electrons. The lowest BCUT2D eigenvalue weighted by Gasteiger charge is -2.23. The van der Waals surface area contributed by atoms with E-state index < -0.39 is 12.2 Å². The molecule has 48 valence electrons. The van der Waals surface area contributed by atoms with Crippen LogP contribution in [-0.4, -0.2) is 35.5 Å².